The minimum absolute atomic E-state index is 0.0724. The second-order valence-corrected chi connectivity index (χ2v) is 9.43. The number of hydrogen-bond acceptors (Lipinski definition) is 5. The molecule has 3 aromatic rings. The Labute approximate surface area is 210 Å². The summed E-state index contributed by atoms with van der Waals surface area (Å²) in [6, 6.07) is 17.8. The number of carbonyl (C=O) groups excluding carboxylic acids is 1. The van der Waals surface area contributed by atoms with Gasteiger partial charge in [0.25, 0.3) is 5.91 Å². The number of benzene rings is 3. The largest absolute Gasteiger partial charge is 0.493 e. The first-order valence-corrected chi connectivity index (χ1v) is 11.7. The maximum atomic E-state index is 13.1. The highest BCUT2D eigenvalue weighted by atomic mass is 32.2. The zero-order valence-electron chi connectivity index (χ0n) is 18.8. The molecule has 1 aliphatic heterocycles. The molecule has 0 spiro atoms. The van der Waals surface area contributed by atoms with Crippen molar-refractivity contribution in [2.45, 2.75) is 19.7 Å². The quantitative estimate of drug-likeness (QED) is 0.261. The molecule has 0 aromatic heterocycles. The molecule has 1 amide bonds. The lowest BCUT2D eigenvalue weighted by atomic mass is 10.1. The van der Waals surface area contributed by atoms with Crippen LogP contribution in [-0.2, 0) is 17.6 Å². The molecule has 3 aromatic carbocycles. The summed E-state index contributed by atoms with van der Waals surface area (Å²) in [5.74, 6) is 0.541. The van der Waals surface area contributed by atoms with Gasteiger partial charge in [-0.05, 0) is 54.5 Å². The first-order valence-electron chi connectivity index (χ1n) is 10.5. The predicted octanol–water partition coefficient (Wildman–Crippen LogP) is 7.01. The van der Waals surface area contributed by atoms with E-state index in [-0.39, 0.29) is 10.0 Å². The lowest BCUT2D eigenvalue weighted by molar-refractivity contribution is -0.137. The molecule has 0 bridgehead atoms. The molecule has 0 saturated carbocycles. The molecule has 4 rings (SSSR count). The van der Waals surface area contributed by atoms with Crippen LogP contribution >= 0.6 is 24.0 Å². The molecule has 4 nitrogen and oxygen atoms in total. The van der Waals surface area contributed by atoms with Crippen molar-refractivity contribution in [1.82, 2.24) is 0 Å². The Bertz CT molecular complexity index is 1300. The van der Waals surface area contributed by atoms with Crippen molar-refractivity contribution >= 4 is 46.0 Å². The number of halogens is 3. The summed E-state index contributed by atoms with van der Waals surface area (Å²) in [5, 5.41) is 0. The standard InChI is InChI=1S/C26H20F3NO3S2/c1-16-6-8-17(9-7-16)15-33-21-11-10-18(12-22(21)32-2)13-23-24(31)30(25(34)35-23)20-5-3-4-19(14-20)26(27,28)29/h3-14H,15H2,1-2H3/b23-13-. The zero-order valence-corrected chi connectivity index (χ0v) is 20.4. The molecule has 0 atom stereocenters. The van der Waals surface area contributed by atoms with Crippen LogP contribution in [0.4, 0.5) is 18.9 Å². The second kappa shape index (κ2) is 10.1. The van der Waals surface area contributed by atoms with Gasteiger partial charge in [0, 0.05) is 0 Å². The van der Waals surface area contributed by atoms with Crippen LogP contribution in [0.1, 0.15) is 22.3 Å². The first-order chi connectivity index (χ1) is 16.7. The molecule has 0 N–H and O–H groups in total. The van der Waals surface area contributed by atoms with E-state index >= 15 is 0 Å². The molecular formula is C26H20F3NO3S2. The molecule has 180 valence electrons. The van der Waals surface area contributed by atoms with Crippen LogP contribution in [0.25, 0.3) is 6.08 Å². The van der Waals surface area contributed by atoms with E-state index < -0.39 is 17.6 Å². The highest BCUT2D eigenvalue weighted by molar-refractivity contribution is 8.27. The molecule has 1 aliphatic rings. The maximum absolute atomic E-state index is 13.1. The predicted molar refractivity (Wildman–Crippen MR) is 136 cm³/mol. The average molecular weight is 516 g/mol. The monoisotopic (exact) mass is 515 g/mol. The third-order valence-electron chi connectivity index (χ3n) is 5.23. The van der Waals surface area contributed by atoms with Crippen molar-refractivity contribution in [3.8, 4) is 11.5 Å². The minimum atomic E-state index is -4.52. The molecule has 1 fully saturated rings. The van der Waals surface area contributed by atoms with E-state index in [1.165, 1.54) is 19.2 Å². The Balaban J connectivity index is 1.54. The van der Waals surface area contributed by atoms with Gasteiger partial charge in [-0.15, -0.1) is 0 Å². The number of anilines is 1. The van der Waals surface area contributed by atoms with Crippen molar-refractivity contribution in [2.24, 2.45) is 0 Å². The molecule has 0 aliphatic carbocycles. The number of aryl methyl sites for hydroxylation is 1. The number of rotatable bonds is 6. The van der Waals surface area contributed by atoms with Crippen molar-refractivity contribution in [3.63, 3.8) is 0 Å². The number of methoxy groups -OCH3 is 1. The lowest BCUT2D eigenvalue weighted by Crippen LogP contribution is -2.27. The fourth-order valence-electron chi connectivity index (χ4n) is 3.40. The number of hydrogen-bond donors (Lipinski definition) is 0. The van der Waals surface area contributed by atoms with E-state index in [1.54, 1.807) is 24.3 Å². The zero-order chi connectivity index (χ0) is 25.2. The second-order valence-electron chi connectivity index (χ2n) is 7.75. The van der Waals surface area contributed by atoms with Gasteiger partial charge in [0.2, 0.25) is 0 Å². The summed E-state index contributed by atoms with van der Waals surface area (Å²) in [6.07, 6.45) is -2.90. The van der Waals surface area contributed by atoms with Gasteiger partial charge < -0.3 is 9.47 Å². The normalized spacial score (nSPS) is 15.1. The fourth-order valence-corrected chi connectivity index (χ4v) is 4.70. The molecule has 1 saturated heterocycles. The highest BCUT2D eigenvalue weighted by Gasteiger charge is 2.36. The number of alkyl halides is 3. The van der Waals surface area contributed by atoms with E-state index in [1.807, 2.05) is 31.2 Å². The number of amides is 1. The van der Waals surface area contributed by atoms with Crippen LogP contribution in [0.3, 0.4) is 0 Å². The number of ether oxygens (including phenoxy) is 2. The maximum Gasteiger partial charge on any atom is 0.416 e. The lowest BCUT2D eigenvalue weighted by Gasteiger charge is -2.16. The van der Waals surface area contributed by atoms with Gasteiger partial charge in [-0.1, -0.05) is 65.9 Å². The van der Waals surface area contributed by atoms with Gasteiger partial charge in [0.15, 0.2) is 15.8 Å². The smallest absolute Gasteiger partial charge is 0.416 e. The van der Waals surface area contributed by atoms with E-state index in [0.717, 1.165) is 39.9 Å². The summed E-state index contributed by atoms with van der Waals surface area (Å²) in [4.78, 5) is 14.4. The molecule has 0 radical (unpaired) electrons. The number of carbonyl (C=O) groups is 1. The molecule has 1 heterocycles. The summed E-state index contributed by atoms with van der Waals surface area (Å²) in [6.45, 7) is 2.38. The van der Waals surface area contributed by atoms with Crippen LogP contribution in [0.2, 0.25) is 0 Å². The van der Waals surface area contributed by atoms with Gasteiger partial charge >= 0.3 is 6.18 Å². The minimum Gasteiger partial charge on any atom is -0.493 e. The van der Waals surface area contributed by atoms with Crippen LogP contribution in [-0.4, -0.2) is 17.3 Å². The summed E-state index contributed by atoms with van der Waals surface area (Å²) in [7, 11) is 1.52. The SMILES string of the molecule is COc1cc(/C=C2\SC(=S)N(c3cccc(C(F)(F)F)c3)C2=O)ccc1OCc1ccc(C)cc1. The van der Waals surface area contributed by atoms with Gasteiger partial charge in [0.1, 0.15) is 6.61 Å². The van der Waals surface area contributed by atoms with Gasteiger partial charge in [-0.3, -0.25) is 9.69 Å². The van der Waals surface area contributed by atoms with E-state index in [9.17, 15) is 18.0 Å². The first kappa shape index (κ1) is 24.8. The van der Waals surface area contributed by atoms with E-state index in [2.05, 4.69) is 0 Å². The highest BCUT2D eigenvalue weighted by Crippen LogP contribution is 2.39. The number of thiocarbonyl (C=S) groups is 1. The summed E-state index contributed by atoms with van der Waals surface area (Å²) in [5.41, 5.74) is 2.06. The van der Waals surface area contributed by atoms with Crippen LogP contribution < -0.4 is 14.4 Å². The number of nitrogens with zero attached hydrogens (tertiary/aromatic N) is 1. The Morgan fingerprint density at radius 3 is 2.46 bits per heavy atom. The van der Waals surface area contributed by atoms with Gasteiger partial charge in [0.05, 0.1) is 23.3 Å². The van der Waals surface area contributed by atoms with E-state index in [4.69, 9.17) is 21.7 Å². The number of thioether (sulfide) groups is 1. The van der Waals surface area contributed by atoms with Crippen molar-refractivity contribution < 1.29 is 27.4 Å². The summed E-state index contributed by atoms with van der Waals surface area (Å²) < 4.78 is 50.8. The Morgan fingerprint density at radius 1 is 1.03 bits per heavy atom. The molecular weight excluding hydrogens is 495 g/mol. The average Bonchev–Trinajstić information content (AvgIpc) is 3.11. The third kappa shape index (κ3) is 5.68. The third-order valence-corrected chi connectivity index (χ3v) is 6.53. The fraction of sp³-hybridized carbons (Fsp3) is 0.154. The van der Waals surface area contributed by atoms with E-state index in [0.29, 0.717) is 28.6 Å². The molecule has 0 unspecified atom stereocenters. The molecule has 9 heteroatoms. The van der Waals surface area contributed by atoms with Crippen molar-refractivity contribution in [3.05, 3.63) is 93.9 Å². The Kier molecular flexibility index (Phi) is 7.18. The van der Waals surface area contributed by atoms with Crippen molar-refractivity contribution in [1.29, 1.82) is 0 Å². The summed E-state index contributed by atoms with van der Waals surface area (Å²) >= 11 is 6.32. The molecule has 35 heavy (non-hydrogen) atoms. The van der Waals surface area contributed by atoms with Crippen LogP contribution in [0, 0.1) is 6.92 Å². The van der Waals surface area contributed by atoms with Gasteiger partial charge in [-0.2, -0.15) is 13.2 Å². The van der Waals surface area contributed by atoms with Crippen LogP contribution in [0.5, 0.6) is 11.5 Å². The topological polar surface area (TPSA) is 38.8 Å². The van der Waals surface area contributed by atoms with Crippen molar-refractivity contribution in [2.75, 3.05) is 12.0 Å². The Hall–Kier alpha value is -3.30. The Morgan fingerprint density at radius 2 is 1.77 bits per heavy atom. The van der Waals surface area contributed by atoms with Crippen LogP contribution in [0.15, 0.2) is 71.6 Å². The van der Waals surface area contributed by atoms with Gasteiger partial charge in [-0.25, -0.2) is 0 Å².